The average molecular weight is 627 g/mol. The van der Waals surface area contributed by atoms with Crippen molar-refractivity contribution in [2.45, 2.75) is 181 Å². The van der Waals surface area contributed by atoms with Crippen molar-refractivity contribution < 1.29 is 26.6 Å². The maximum atomic E-state index is 11.2. The molecule has 244 valence electrons. The Morgan fingerprint density at radius 2 is 0.925 bits per heavy atom. The lowest BCUT2D eigenvalue weighted by molar-refractivity contribution is 0.146. The van der Waals surface area contributed by atoms with Gasteiger partial charge in [-0.1, -0.05) is 96.9 Å². The average Bonchev–Trinajstić information content (AvgIpc) is 2.81. The summed E-state index contributed by atoms with van der Waals surface area (Å²) in [7, 11) is -6.88. The Bertz CT molecular complexity index is 695. The van der Waals surface area contributed by atoms with E-state index in [0.717, 1.165) is 45.0 Å². The fourth-order valence-corrected chi connectivity index (χ4v) is 18.6. The molecule has 40 heavy (non-hydrogen) atoms. The van der Waals surface area contributed by atoms with Gasteiger partial charge < -0.3 is 14.0 Å². The summed E-state index contributed by atoms with van der Waals surface area (Å²) in [6, 6.07) is 0. The lowest BCUT2D eigenvalue weighted by Crippen LogP contribution is -2.48. The van der Waals surface area contributed by atoms with Gasteiger partial charge in [-0.2, -0.15) is 8.42 Å². The summed E-state index contributed by atoms with van der Waals surface area (Å²) < 4.78 is 40.4. The molecular formula is C31H70O6SSi2. The topological polar surface area (TPSA) is 82.1 Å². The van der Waals surface area contributed by atoms with E-state index in [1.165, 1.54) is 0 Å². The molecule has 0 radical (unpaired) electrons. The molecule has 6 nitrogen and oxygen atoms in total. The van der Waals surface area contributed by atoms with Gasteiger partial charge in [0.05, 0.1) is 18.5 Å². The van der Waals surface area contributed by atoms with Crippen molar-refractivity contribution in [1.82, 2.24) is 0 Å². The van der Waals surface area contributed by atoms with Crippen molar-refractivity contribution in [3.8, 4) is 0 Å². The first-order valence-electron chi connectivity index (χ1n) is 16.1. The second-order valence-corrected chi connectivity index (χ2v) is 26.0. The van der Waals surface area contributed by atoms with Crippen LogP contribution in [0.15, 0.2) is 0 Å². The minimum atomic E-state index is -3.37. The highest BCUT2D eigenvalue weighted by Crippen LogP contribution is 2.43. The van der Waals surface area contributed by atoms with Crippen LogP contribution in [0.5, 0.6) is 0 Å². The Labute approximate surface area is 253 Å². The number of aliphatic hydroxyl groups is 1. The standard InChI is InChI=1S/C16H36O4SSi.C15H34O2Si/c1-9-16(20-21(8,17)18)11-10-12-19-22(13(2)3,14(4)5)15(6)7;1-8-15(16)10-9-11-17-18(12(2)3,13(4)5)14(6)7/h13-16H,9-12H2,1-8H3;12-16H,8-11H2,1-7H3. The SMILES string of the molecule is CCC(CCCO[Si](C(C)C)(C(C)C)C(C)C)OS(C)(=O)=O.CCC(O)CCCO[Si](C(C)C)(C(C)C)C(C)C. The molecule has 0 saturated heterocycles. The number of rotatable bonds is 20. The van der Waals surface area contributed by atoms with Gasteiger partial charge in [-0.05, 0) is 71.8 Å². The molecule has 0 amide bonds. The molecule has 0 aromatic rings. The van der Waals surface area contributed by atoms with Crippen LogP contribution in [0.25, 0.3) is 0 Å². The van der Waals surface area contributed by atoms with Crippen molar-refractivity contribution >= 4 is 26.8 Å². The second kappa shape index (κ2) is 20.2. The largest absolute Gasteiger partial charge is 0.416 e. The summed E-state index contributed by atoms with van der Waals surface area (Å²) in [6.07, 6.45) is 5.70. The Kier molecular flexibility index (Phi) is 21.4. The van der Waals surface area contributed by atoms with E-state index in [4.69, 9.17) is 13.0 Å². The maximum Gasteiger partial charge on any atom is 0.264 e. The highest BCUT2D eigenvalue weighted by atomic mass is 32.2. The van der Waals surface area contributed by atoms with E-state index < -0.39 is 26.8 Å². The highest BCUT2D eigenvalue weighted by Gasteiger charge is 2.45. The first-order valence-corrected chi connectivity index (χ1v) is 22.2. The van der Waals surface area contributed by atoms with Gasteiger partial charge in [0, 0.05) is 13.2 Å². The van der Waals surface area contributed by atoms with E-state index >= 15 is 0 Å². The van der Waals surface area contributed by atoms with Crippen molar-refractivity contribution in [3.63, 3.8) is 0 Å². The zero-order valence-corrected chi connectivity index (χ0v) is 32.0. The first-order chi connectivity index (χ1) is 18.3. The van der Waals surface area contributed by atoms with E-state index in [-0.39, 0.29) is 12.2 Å². The van der Waals surface area contributed by atoms with Crippen LogP contribution >= 0.6 is 0 Å². The van der Waals surface area contributed by atoms with Gasteiger partial charge in [0.15, 0.2) is 16.6 Å². The van der Waals surface area contributed by atoms with Gasteiger partial charge in [0.25, 0.3) is 10.1 Å². The molecule has 0 aromatic heterocycles. The molecule has 2 unspecified atom stereocenters. The number of aliphatic hydroxyl groups excluding tert-OH is 1. The quantitative estimate of drug-likeness (QED) is 0.0823. The summed E-state index contributed by atoms with van der Waals surface area (Å²) in [6.45, 7) is 33.0. The fourth-order valence-electron chi connectivity index (χ4n) is 6.90. The van der Waals surface area contributed by atoms with Gasteiger partial charge in [0.1, 0.15) is 0 Å². The summed E-state index contributed by atoms with van der Waals surface area (Å²) in [5, 5.41) is 9.57. The van der Waals surface area contributed by atoms with Crippen molar-refractivity contribution in [2.24, 2.45) is 0 Å². The molecule has 2 atom stereocenters. The number of hydrogen-bond donors (Lipinski definition) is 1. The van der Waals surface area contributed by atoms with E-state index in [1.807, 2.05) is 13.8 Å². The molecule has 0 aliphatic rings. The van der Waals surface area contributed by atoms with Crippen LogP contribution < -0.4 is 0 Å². The van der Waals surface area contributed by atoms with Crippen LogP contribution in [-0.2, 0) is 23.2 Å². The molecule has 9 heteroatoms. The summed E-state index contributed by atoms with van der Waals surface area (Å²) in [5.41, 5.74) is 3.65. The van der Waals surface area contributed by atoms with Gasteiger partial charge in [-0.3, -0.25) is 4.18 Å². The second-order valence-electron chi connectivity index (χ2n) is 13.5. The van der Waals surface area contributed by atoms with E-state index in [2.05, 4.69) is 83.1 Å². The smallest absolute Gasteiger partial charge is 0.264 e. The zero-order valence-electron chi connectivity index (χ0n) is 29.2. The lowest BCUT2D eigenvalue weighted by atomic mass is 10.2. The van der Waals surface area contributed by atoms with Crippen molar-refractivity contribution in [1.29, 1.82) is 0 Å². The van der Waals surface area contributed by atoms with E-state index in [9.17, 15) is 13.5 Å². The Hall–Kier alpha value is 0.224. The molecule has 0 saturated carbocycles. The molecule has 0 aliphatic carbocycles. The molecule has 0 aromatic carbocycles. The van der Waals surface area contributed by atoms with Crippen LogP contribution in [0, 0.1) is 0 Å². The maximum absolute atomic E-state index is 11.2. The van der Waals surface area contributed by atoms with Gasteiger partial charge in [0.2, 0.25) is 0 Å². The minimum absolute atomic E-state index is 0.151. The van der Waals surface area contributed by atoms with E-state index in [0.29, 0.717) is 46.3 Å². The third kappa shape index (κ3) is 14.1. The highest BCUT2D eigenvalue weighted by molar-refractivity contribution is 7.86. The summed E-state index contributed by atoms with van der Waals surface area (Å²) >= 11 is 0. The molecule has 0 rings (SSSR count). The molecule has 1 N–H and O–H groups in total. The Morgan fingerprint density at radius 1 is 0.600 bits per heavy atom. The van der Waals surface area contributed by atoms with Crippen LogP contribution in [-0.4, -0.2) is 61.8 Å². The van der Waals surface area contributed by atoms with Crippen molar-refractivity contribution in [2.75, 3.05) is 19.5 Å². The van der Waals surface area contributed by atoms with Crippen LogP contribution in [0.1, 0.15) is 135 Å². The lowest BCUT2D eigenvalue weighted by Gasteiger charge is -2.42. The third-order valence-corrected chi connectivity index (χ3v) is 21.6. The van der Waals surface area contributed by atoms with Crippen LogP contribution in [0.4, 0.5) is 0 Å². The fraction of sp³-hybridized carbons (Fsp3) is 1.00. The molecule has 0 fully saturated rings. The molecular weight excluding hydrogens is 557 g/mol. The monoisotopic (exact) mass is 626 g/mol. The van der Waals surface area contributed by atoms with Gasteiger partial charge in [-0.15, -0.1) is 0 Å². The minimum Gasteiger partial charge on any atom is -0.416 e. The predicted octanol–water partition coefficient (Wildman–Crippen LogP) is 9.44. The van der Waals surface area contributed by atoms with Gasteiger partial charge in [-0.25, -0.2) is 0 Å². The zero-order chi connectivity index (χ0) is 31.9. The first kappa shape index (κ1) is 42.4. The summed E-state index contributed by atoms with van der Waals surface area (Å²) in [4.78, 5) is 0. The Morgan fingerprint density at radius 3 is 1.18 bits per heavy atom. The number of hydrogen-bond acceptors (Lipinski definition) is 6. The molecule has 0 bridgehead atoms. The Balaban J connectivity index is 0. The third-order valence-electron chi connectivity index (χ3n) is 8.71. The summed E-state index contributed by atoms with van der Waals surface area (Å²) in [5.74, 6) is 0. The normalized spacial score (nSPS) is 14.9. The molecule has 0 spiro atoms. The van der Waals surface area contributed by atoms with Crippen LogP contribution in [0.3, 0.4) is 0 Å². The van der Waals surface area contributed by atoms with Gasteiger partial charge >= 0.3 is 0 Å². The van der Waals surface area contributed by atoms with Crippen LogP contribution in [0.2, 0.25) is 33.2 Å². The molecule has 0 heterocycles. The molecule has 0 aliphatic heterocycles. The predicted molar refractivity (Wildman–Crippen MR) is 179 cm³/mol. The van der Waals surface area contributed by atoms with E-state index in [1.54, 1.807) is 0 Å². The van der Waals surface area contributed by atoms with Crippen molar-refractivity contribution in [3.05, 3.63) is 0 Å².